The second-order valence-corrected chi connectivity index (χ2v) is 8.33. The molecule has 0 radical (unpaired) electrons. The Hall–Kier alpha value is -2.36. The Bertz CT molecular complexity index is 1130. The molecule has 4 rings (SSSR count). The Morgan fingerprint density at radius 2 is 1.96 bits per heavy atom. The summed E-state index contributed by atoms with van der Waals surface area (Å²) in [4.78, 5) is 11.7. The van der Waals surface area contributed by atoms with Crippen molar-refractivity contribution in [2.24, 2.45) is 7.05 Å². The average Bonchev–Trinajstić information content (AvgIpc) is 3.17. The van der Waals surface area contributed by atoms with Gasteiger partial charge in [0.15, 0.2) is 11.5 Å². The molecular formula is C16H14N2O5S2. The molecule has 0 unspecified atom stereocenters. The maximum Gasteiger partial charge on any atom is 0.307 e. The van der Waals surface area contributed by atoms with E-state index in [1.165, 1.54) is 16.7 Å². The molecule has 1 aromatic heterocycles. The summed E-state index contributed by atoms with van der Waals surface area (Å²) in [5, 5.41) is 0. The molecule has 0 spiro atoms. The van der Waals surface area contributed by atoms with E-state index in [-0.39, 0.29) is 23.1 Å². The van der Waals surface area contributed by atoms with Crippen molar-refractivity contribution in [3.8, 4) is 11.5 Å². The van der Waals surface area contributed by atoms with E-state index in [2.05, 4.69) is 4.72 Å². The van der Waals surface area contributed by atoms with Crippen molar-refractivity contribution in [3.05, 3.63) is 51.6 Å². The Balaban J connectivity index is 1.58. The van der Waals surface area contributed by atoms with Gasteiger partial charge in [0.05, 0.1) is 15.1 Å². The summed E-state index contributed by atoms with van der Waals surface area (Å²) in [5.74, 6) is 1.25. The van der Waals surface area contributed by atoms with E-state index >= 15 is 0 Å². The van der Waals surface area contributed by atoms with Crippen molar-refractivity contribution in [3.63, 3.8) is 0 Å². The Morgan fingerprint density at radius 1 is 1.16 bits per heavy atom. The highest BCUT2D eigenvalue weighted by Gasteiger charge is 2.18. The molecule has 0 saturated heterocycles. The largest absolute Gasteiger partial charge is 0.454 e. The lowest BCUT2D eigenvalue weighted by Gasteiger charge is -2.08. The van der Waals surface area contributed by atoms with Gasteiger partial charge < -0.3 is 14.0 Å². The van der Waals surface area contributed by atoms with Gasteiger partial charge in [0.2, 0.25) is 16.8 Å². The number of nitrogens with zero attached hydrogens (tertiary/aromatic N) is 1. The summed E-state index contributed by atoms with van der Waals surface area (Å²) >= 11 is 1.02. The molecule has 7 nitrogen and oxygen atoms in total. The Morgan fingerprint density at radius 3 is 2.80 bits per heavy atom. The molecule has 1 N–H and O–H groups in total. The maximum atomic E-state index is 12.5. The van der Waals surface area contributed by atoms with Gasteiger partial charge in [-0.25, -0.2) is 13.1 Å². The highest BCUT2D eigenvalue weighted by Crippen LogP contribution is 2.32. The third kappa shape index (κ3) is 2.90. The smallest absolute Gasteiger partial charge is 0.307 e. The van der Waals surface area contributed by atoms with E-state index in [4.69, 9.17) is 9.47 Å². The van der Waals surface area contributed by atoms with Gasteiger partial charge in [0.25, 0.3) is 0 Å². The third-order valence-corrected chi connectivity index (χ3v) is 6.37. The zero-order valence-electron chi connectivity index (χ0n) is 13.2. The molecule has 2 heterocycles. The van der Waals surface area contributed by atoms with Crippen molar-refractivity contribution >= 4 is 31.6 Å². The van der Waals surface area contributed by atoms with Gasteiger partial charge in [0.1, 0.15) is 0 Å². The summed E-state index contributed by atoms with van der Waals surface area (Å²) in [6.45, 7) is 0.298. The number of sulfonamides is 1. The highest BCUT2D eigenvalue weighted by atomic mass is 32.2. The highest BCUT2D eigenvalue weighted by molar-refractivity contribution is 7.89. The predicted molar refractivity (Wildman–Crippen MR) is 93.7 cm³/mol. The summed E-state index contributed by atoms with van der Waals surface area (Å²) in [7, 11) is -2.03. The molecule has 3 aromatic rings. The Kier molecular flexibility index (Phi) is 3.78. The van der Waals surface area contributed by atoms with Crippen molar-refractivity contribution < 1.29 is 17.9 Å². The average molecular weight is 378 g/mol. The number of benzene rings is 2. The van der Waals surface area contributed by atoms with E-state index in [0.717, 1.165) is 16.9 Å². The van der Waals surface area contributed by atoms with Crippen LogP contribution >= 0.6 is 11.3 Å². The van der Waals surface area contributed by atoms with Crippen LogP contribution in [0.3, 0.4) is 0 Å². The number of thiazole rings is 1. The first-order chi connectivity index (χ1) is 11.9. The molecule has 0 aliphatic carbocycles. The molecule has 0 bridgehead atoms. The van der Waals surface area contributed by atoms with Gasteiger partial charge in [-0.1, -0.05) is 17.4 Å². The van der Waals surface area contributed by atoms with Crippen LogP contribution in [0.15, 0.2) is 46.1 Å². The van der Waals surface area contributed by atoms with Crippen LogP contribution in [0.4, 0.5) is 0 Å². The summed E-state index contributed by atoms with van der Waals surface area (Å²) in [6.07, 6.45) is 0. The number of hydrogen-bond acceptors (Lipinski definition) is 6. The third-order valence-electron chi connectivity index (χ3n) is 3.98. The number of nitrogens with one attached hydrogen (secondary N) is 1. The first-order valence-corrected chi connectivity index (χ1v) is 9.72. The number of hydrogen-bond donors (Lipinski definition) is 1. The first-order valence-electron chi connectivity index (χ1n) is 7.42. The van der Waals surface area contributed by atoms with Crippen molar-refractivity contribution in [1.82, 2.24) is 9.29 Å². The topological polar surface area (TPSA) is 86.6 Å². The minimum absolute atomic E-state index is 0.127. The van der Waals surface area contributed by atoms with E-state index in [1.54, 1.807) is 31.3 Å². The van der Waals surface area contributed by atoms with Crippen LogP contribution in [0, 0.1) is 0 Å². The zero-order valence-corrected chi connectivity index (χ0v) is 14.8. The standard InChI is InChI=1S/C16H14N2O5S2/c1-18-12-4-3-11(7-15(12)24-16(18)19)25(20,21)17-8-10-2-5-13-14(6-10)23-9-22-13/h2-7,17H,8-9H2,1H3. The van der Waals surface area contributed by atoms with Gasteiger partial charge in [-0.15, -0.1) is 0 Å². The van der Waals surface area contributed by atoms with E-state index < -0.39 is 10.0 Å². The minimum atomic E-state index is -3.69. The molecule has 0 amide bonds. The minimum Gasteiger partial charge on any atom is -0.454 e. The van der Waals surface area contributed by atoms with Gasteiger partial charge in [-0.3, -0.25) is 4.79 Å². The van der Waals surface area contributed by atoms with Gasteiger partial charge >= 0.3 is 4.87 Å². The normalized spacial score (nSPS) is 13.5. The fourth-order valence-corrected chi connectivity index (χ4v) is 4.63. The van der Waals surface area contributed by atoms with Crippen LogP contribution in [0.1, 0.15) is 5.56 Å². The van der Waals surface area contributed by atoms with Crippen molar-refractivity contribution in [2.45, 2.75) is 11.4 Å². The lowest BCUT2D eigenvalue weighted by atomic mass is 10.2. The number of ether oxygens (including phenoxy) is 2. The number of aryl methyl sites for hydroxylation is 1. The number of fused-ring (bicyclic) bond motifs is 2. The molecular weight excluding hydrogens is 364 g/mol. The van der Waals surface area contributed by atoms with Crippen LogP contribution in [0.5, 0.6) is 11.5 Å². The second-order valence-electron chi connectivity index (χ2n) is 5.57. The molecule has 1 aliphatic rings. The van der Waals surface area contributed by atoms with E-state index in [9.17, 15) is 13.2 Å². The SMILES string of the molecule is Cn1c(=O)sc2cc(S(=O)(=O)NCc3ccc4c(c3)OCO4)ccc21. The summed E-state index contributed by atoms with van der Waals surface area (Å²) in [5.41, 5.74) is 1.47. The fraction of sp³-hybridized carbons (Fsp3) is 0.188. The lowest BCUT2D eigenvalue weighted by molar-refractivity contribution is 0.174. The zero-order chi connectivity index (χ0) is 17.6. The molecule has 9 heteroatoms. The number of aromatic nitrogens is 1. The monoisotopic (exact) mass is 378 g/mol. The molecule has 0 fully saturated rings. The molecule has 2 aromatic carbocycles. The predicted octanol–water partition coefficient (Wildman–Crippen LogP) is 1.81. The van der Waals surface area contributed by atoms with E-state index in [0.29, 0.717) is 21.7 Å². The maximum absolute atomic E-state index is 12.5. The van der Waals surface area contributed by atoms with Crippen molar-refractivity contribution in [2.75, 3.05) is 6.79 Å². The number of rotatable bonds is 4. The lowest BCUT2D eigenvalue weighted by Crippen LogP contribution is -2.23. The van der Waals surface area contributed by atoms with Gasteiger partial charge in [-0.2, -0.15) is 0 Å². The molecule has 130 valence electrons. The molecule has 25 heavy (non-hydrogen) atoms. The first kappa shape index (κ1) is 16.1. The second kappa shape index (κ2) is 5.87. The molecule has 0 saturated carbocycles. The fourth-order valence-electron chi connectivity index (χ4n) is 2.59. The van der Waals surface area contributed by atoms with Crippen LogP contribution in [0.2, 0.25) is 0 Å². The Labute approximate surface area is 147 Å². The summed E-state index contributed by atoms with van der Waals surface area (Å²) < 4.78 is 40.3. The van der Waals surface area contributed by atoms with Crippen LogP contribution in [0.25, 0.3) is 10.2 Å². The molecule has 0 atom stereocenters. The van der Waals surface area contributed by atoms with Gasteiger partial charge in [0, 0.05) is 13.6 Å². The quantitative estimate of drug-likeness (QED) is 0.748. The molecule has 1 aliphatic heterocycles. The van der Waals surface area contributed by atoms with Crippen LogP contribution in [-0.2, 0) is 23.6 Å². The van der Waals surface area contributed by atoms with Crippen LogP contribution in [-0.4, -0.2) is 19.8 Å². The summed E-state index contributed by atoms with van der Waals surface area (Å²) in [6, 6.07) is 9.93. The van der Waals surface area contributed by atoms with E-state index in [1.807, 2.05) is 0 Å². The van der Waals surface area contributed by atoms with Gasteiger partial charge in [-0.05, 0) is 35.9 Å². The van der Waals surface area contributed by atoms with Crippen LogP contribution < -0.4 is 19.1 Å². The van der Waals surface area contributed by atoms with Crippen molar-refractivity contribution in [1.29, 1.82) is 0 Å².